The van der Waals surface area contributed by atoms with Gasteiger partial charge in [0, 0.05) is 25.5 Å². The molecule has 0 saturated heterocycles. The Balaban J connectivity index is 1.96. The molecule has 0 unspecified atom stereocenters. The largest absolute Gasteiger partial charge is 0.405 e. The van der Waals surface area contributed by atoms with Crippen LogP contribution in [0.15, 0.2) is 24.8 Å². The highest BCUT2D eigenvalue weighted by molar-refractivity contribution is 5.27. The highest BCUT2D eigenvalue weighted by Crippen LogP contribution is 2.19. The van der Waals surface area contributed by atoms with Crippen molar-refractivity contribution >= 4 is 5.95 Å². The minimum atomic E-state index is 0.0672. The van der Waals surface area contributed by atoms with E-state index >= 15 is 0 Å². The molecule has 0 spiro atoms. The number of nitrogen functional groups attached to an aromatic ring is 1. The number of ether oxygens (including phenoxy) is 1. The van der Waals surface area contributed by atoms with Gasteiger partial charge >= 0.3 is 6.01 Å². The number of nitrogens with zero attached hydrogens (tertiary/aromatic N) is 7. The molecule has 2 N–H and O–H groups in total. The van der Waals surface area contributed by atoms with E-state index in [1.54, 1.807) is 41.1 Å². The average molecular weight is 272 g/mol. The van der Waals surface area contributed by atoms with Gasteiger partial charge in [-0.2, -0.15) is 20.1 Å². The monoisotopic (exact) mass is 272 g/mol. The number of hydrogen-bond acceptors (Lipinski definition) is 7. The van der Waals surface area contributed by atoms with Crippen LogP contribution in [0, 0.1) is 6.92 Å². The molecule has 0 amide bonds. The summed E-state index contributed by atoms with van der Waals surface area (Å²) >= 11 is 0. The average Bonchev–Trinajstić information content (AvgIpc) is 2.99. The number of aromatic nitrogens is 7. The van der Waals surface area contributed by atoms with E-state index in [2.05, 4.69) is 25.0 Å². The molecule has 0 saturated carbocycles. The Hall–Kier alpha value is -2.97. The van der Waals surface area contributed by atoms with Gasteiger partial charge in [-0.25, -0.2) is 9.67 Å². The summed E-state index contributed by atoms with van der Waals surface area (Å²) in [5.74, 6) is 0.922. The fraction of sp³-hybridized carbons (Fsp3) is 0.182. The van der Waals surface area contributed by atoms with Gasteiger partial charge in [-0.3, -0.25) is 4.57 Å². The van der Waals surface area contributed by atoms with Gasteiger partial charge in [0.05, 0.1) is 5.69 Å². The lowest BCUT2D eigenvalue weighted by molar-refractivity contribution is 0.397. The molecule has 3 aromatic heterocycles. The van der Waals surface area contributed by atoms with E-state index in [0.717, 1.165) is 5.69 Å². The van der Waals surface area contributed by atoms with Crippen LogP contribution in [-0.4, -0.2) is 34.3 Å². The first-order valence-electron chi connectivity index (χ1n) is 5.80. The Bertz CT molecular complexity index is 733. The summed E-state index contributed by atoms with van der Waals surface area (Å²) in [5, 5.41) is 4.18. The van der Waals surface area contributed by atoms with Gasteiger partial charge in [0.15, 0.2) is 0 Å². The van der Waals surface area contributed by atoms with E-state index in [4.69, 9.17) is 10.5 Å². The first-order valence-corrected chi connectivity index (χ1v) is 5.80. The molecule has 0 aliphatic rings. The highest BCUT2D eigenvalue weighted by atomic mass is 16.5. The van der Waals surface area contributed by atoms with Gasteiger partial charge in [0.1, 0.15) is 6.33 Å². The first kappa shape index (κ1) is 12.1. The van der Waals surface area contributed by atoms with Crippen LogP contribution in [0.25, 0.3) is 5.95 Å². The van der Waals surface area contributed by atoms with E-state index in [1.165, 1.54) is 0 Å². The van der Waals surface area contributed by atoms with Gasteiger partial charge < -0.3 is 10.5 Å². The van der Waals surface area contributed by atoms with E-state index in [9.17, 15) is 0 Å². The predicted molar refractivity (Wildman–Crippen MR) is 69.4 cm³/mol. The summed E-state index contributed by atoms with van der Waals surface area (Å²) < 4.78 is 8.77. The molecular weight excluding hydrogens is 260 g/mol. The van der Waals surface area contributed by atoms with Gasteiger partial charge in [0.25, 0.3) is 0 Å². The van der Waals surface area contributed by atoms with Crippen molar-refractivity contribution in [2.24, 2.45) is 7.05 Å². The van der Waals surface area contributed by atoms with Gasteiger partial charge in [0.2, 0.25) is 17.8 Å². The number of nitrogens with two attached hydrogens (primary N) is 1. The third-order valence-corrected chi connectivity index (χ3v) is 2.51. The van der Waals surface area contributed by atoms with Crippen LogP contribution in [-0.2, 0) is 7.05 Å². The fourth-order valence-corrected chi connectivity index (χ4v) is 1.68. The second-order valence-corrected chi connectivity index (χ2v) is 4.10. The Labute approximate surface area is 114 Å². The van der Waals surface area contributed by atoms with Gasteiger partial charge in [-0.15, -0.1) is 0 Å². The first-order chi connectivity index (χ1) is 9.61. The molecule has 3 aromatic rings. The third-order valence-electron chi connectivity index (χ3n) is 2.51. The molecule has 0 radical (unpaired) electrons. The van der Waals surface area contributed by atoms with E-state index in [0.29, 0.717) is 11.8 Å². The Morgan fingerprint density at radius 2 is 2.10 bits per heavy atom. The molecule has 0 aliphatic heterocycles. The SMILES string of the molecule is Cc1cc(Oc2nc(N)nc(-n3ccnc3)n2)n(C)n1. The zero-order valence-corrected chi connectivity index (χ0v) is 10.9. The fourth-order valence-electron chi connectivity index (χ4n) is 1.68. The zero-order chi connectivity index (χ0) is 14.1. The number of aryl methyl sites for hydroxylation is 2. The Morgan fingerprint density at radius 1 is 1.25 bits per heavy atom. The second-order valence-electron chi connectivity index (χ2n) is 4.10. The molecule has 3 heterocycles. The number of hydrogen-bond donors (Lipinski definition) is 1. The summed E-state index contributed by atoms with van der Waals surface area (Å²) in [7, 11) is 1.77. The van der Waals surface area contributed by atoms with Crippen molar-refractivity contribution in [3.63, 3.8) is 0 Å². The van der Waals surface area contributed by atoms with Crippen molar-refractivity contribution in [1.82, 2.24) is 34.3 Å². The van der Waals surface area contributed by atoms with Crippen molar-refractivity contribution in [2.45, 2.75) is 6.92 Å². The summed E-state index contributed by atoms with van der Waals surface area (Å²) in [5.41, 5.74) is 6.50. The van der Waals surface area contributed by atoms with Crippen molar-refractivity contribution < 1.29 is 4.74 Å². The summed E-state index contributed by atoms with van der Waals surface area (Å²) in [6, 6.07) is 1.88. The minimum Gasteiger partial charge on any atom is -0.405 e. The molecular formula is C11H12N8O. The normalized spacial score (nSPS) is 10.7. The Kier molecular flexibility index (Phi) is 2.78. The second kappa shape index (κ2) is 4.61. The maximum Gasteiger partial charge on any atom is 0.329 e. The smallest absolute Gasteiger partial charge is 0.329 e. The predicted octanol–water partition coefficient (Wildman–Crippen LogP) is 0.474. The van der Waals surface area contributed by atoms with Crippen molar-refractivity contribution in [3.05, 3.63) is 30.5 Å². The third kappa shape index (κ3) is 2.28. The van der Waals surface area contributed by atoms with Crippen LogP contribution in [0.3, 0.4) is 0 Å². The molecule has 3 rings (SSSR count). The summed E-state index contributed by atoms with van der Waals surface area (Å²) in [4.78, 5) is 16.1. The molecule has 0 fully saturated rings. The van der Waals surface area contributed by atoms with Gasteiger partial charge in [-0.1, -0.05) is 0 Å². The quantitative estimate of drug-likeness (QED) is 0.738. The zero-order valence-electron chi connectivity index (χ0n) is 10.9. The number of imidazole rings is 1. The highest BCUT2D eigenvalue weighted by Gasteiger charge is 2.10. The summed E-state index contributed by atoms with van der Waals surface area (Å²) in [6.07, 6.45) is 4.88. The molecule has 0 atom stereocenters. The van der Waals surface area contributed by atoms with Crippen LogP contribution in [0.1, 0.15) is 5.69 Å². The number of rotatable bonds is 3. The molecule has 102 valence electrons. The maximum atomic E-state index is 5.66. The molecule has 20 heavy (non-hydrogen) atoms. The van der Waals surface area contributed by atoms with Gasteiger partial charge in [-0.05, 0) is 6.92 Å². The standard InChI is InChI=1S/C11H12N8O/c1-7-5-8(18(2)17-7)20-11-15-9(12)14-10(16-11)19-4-3-13-6-19/h3-6H,1-2H3,(H2,12,14,15,16). The summed E-state index contributed by atoms with van der Waals surface area (Å²) in [6.45, 7) is 1.87. The van der Waals surface area contributed by atoms with Crippen LogP contribution < -0.4 is 10.5 Å². The minimum absolute atomic E-state index is 0.0672. The molecule has 0 aliphatic carbocycles. The molecule has 0 bridgehead atoms. The van der Waals surface area contributed by atoms with Crippen molar-refractivity contribution in [2.75, 3.05) is 5.73 Å². The lowest BCUT2D eigenvalue weighted by Gasteiger charge is -2.06. The van der Waals surface area contributed by atoms with Crippen LogP contribution in [0.2, 0.25) is 0 Å². The Morgan fingerprint density at radius 3 is 2.75 bits per heavy atom. The molecule has 0 aromatic carbocycles. The van der Waals surface area contributed by atoms with Crippen LogP contribution in [0.5, 0.6) is 11.9 Å². The molecule has 9 heteroatoms. The van der Waals surface area contributed by atoms with E-state index < -0.39 is 0 Å². The van der Waals surface area contributed by atoms with Crippen LogP contribution in [0.4, 0.5) is 5.95 Å². The van der Waals surface area contributed by atoms with E-state index in [-0.39, 0.29) is 12.0 Å². The van der Waals surface area contributed by atoms with Crippen LogP contribution >= 0.6 is 0 Å². The molecule has 9 nitrogen and oxygen atoms in total. The van der Waals surface area contributed by atoms with E-state index in [1.807, 2.05) is 6.92 Å². The lowest BCUT2D eigenvalue weighted by atomic mass is 10.5. The maximum absolute atomic E-state index is 5.66. The van der Waals surface area contributed by atoms with Crippen molar-refractivity contribution in [3.8, 4) is 17.8 Å². The lowest BCUT2D eigenvalue weighted by Crippen LogP contribution is -2.07. The van der Waals surface area contributed by atoms with Crippen molar-refractivity contribution in [1.29, 1.82) is 0 Å². The number of anilines is 1. The topological polar surface area (TPSA) is 110 Å².